The van der Waals surface area contributed by atoms with Gasteiger partial charge in [-0.3, -0.25) is 4.79 Å². The van der Waals surface area contributed by atoms with Crippen LogP contribution in [0.4, 0.5) is 0 Å². The van der Waals surface area contributed by atoms with Gasteiger partial charge in [0.05, 0.1) is 6.61 Å². The molecule has 0 saturated carbocycles. The van der Waals surface area contributed by atoms with Crippen molar-refractivity contribution in [3.8, 4) is 0 Å². The van der Waals surface area contributed by atoms with Crippen LogP contribution < -0.4 is 0 Å². The van der Waals surface area contributed by atoms with Gasteiger partial charge in [0.15, 0.2) is 0 Å². The van der Waals surface area contributed by atoms with Crippen LogP contribution in [0.3, 0.4) is 0 Å². The Morgan fingerprint density at radius 3 is 2.50 bits per heavy atom. The number of carbonyl (C=O) groups excluding carboxylic acids is 1. The van der Waals surface area contributed by atoms with Gasteiger partial charge in [0.25, 0.3) is 0 Å². The summed E-state index contributed by atoms with van der Waals surface area (Å²) in [5, 5.41) is -0.519. The molecule has 1 atom stereocenters. The zero-order valence-corrected chi connectivity index (χ0v) is 5.73. The van der Waals surface area contributed by atoms with Crippen molar-refractivity contribution in [2.45, 2.75) is 19.2 Å². The van der Waals surface area contributed by atoms with Gasteiger partial charge in [0.1, 0.15) is 5.38 Å². The topological polar surface area (TPSA) is 26.3 Å². The number of alkyl halides is 1. The number of esters is 1. The first-order valence-electron chi connectivity index (χ1n) is 2.49. The van der Waals surface area contributed by atoms with Crippen LogP contribution in [-0.4, -0.2) is 18.0 Å². The highest BCUT2D eigenvalue weighted by Gasteiger charge is 2.07. The molecule has 3 heteroatoms. The molecule has 8 heavy (non-hydrogen) atoms. The molecule has 0 N–H and O–H groups in total. The molecule has 0 heterocycles. The number of ether oxygens (including phenoxy) is 1. The lowest BCUT2D eigenvalue weighted by molar-refractivity contribution is -0.142. The summed E-state index contributed by atoms with van der Waals surface area (Å²) in [6, 6.07) is 0. The molecule has 48 valence electrons. The van der Waals surface area contributed by atoms with E-state index in [0.29, 0.717) is 6.61 Å². The number of carbonyl (C=O) groups is 1. The van der Waals surface area contributed by atoms with Crippen molar-refractivity contribution in [2.75, 3.05) is 6.61 Å². The van der Waals surface area contributed by atoms with E-state index in [2.05, 4.69) is 4.74 Å². The molecule has 0 aliphatic carbocycles. The molecule has 0 radical (unpaired) electrons. The predicted octanol–water partition coefficient (Wildman–Crippen LogP) is 1.18. The minimum Gasteiger partial charge on any atom is -0.465 e. The molecule has 2 nitrogen and oxygen atoms in total. The number of halogens is 1. The Morgan fingerprint density at radius 2 is 2.38 bits per heavy atom. The third-order valence-electron chi connectivity index (χ3n) is 0.611. The molecule has 0 aliphatic heterocycles. The van der Waals surface area contributed by atoms with Crippen LogP contribution >= 0.6 is 11.6 Å². The lowest BCUT2D eigenvalue weighted by Crippen LogP contribution is -2.13. The van der Waals surface area contributed by atoms with E-state index in [-0.39, 0.29) is 5.97 Å². The summed E-state index contributed by atoms with van der Waals surface area (Å²) in [5.41, 5.74) is 0. The molecule has 0 aliphatic rings. The van der Waals surface area contributed by atoms with E-state index >= 15 is 0 Å². The van der Waals surface area contributed by atoms with Crippen LogP contribution in [0.15, 0.2) is 0 Å². The molecule has 0 fully saturated rings. The minimum atomic E-state index is -0.519. The summed E-state index contributed by atoms with van der Waals surface area (Å²) in [4.78, 5) is 10.4. The highest BCUT2D eigenvalue weighted by atomic mass is 35.5. The first kappa shape index (κ1) is 7.76. The van der Waals surface area contributed by atoms with Crippen molar-refractivity contribution < 1.29 is 9.53 Å². The Hall–Kier alpha value is -0.240. The first-order valence-corrected chi connectivity index (χ1v) is 2.92. The minimum absolute atomic E-state index is 0.353. The van der Waals surface area contributed by atoms with Crippen molar-refractivity contribution >= 4 is 17.6 Å². The maximum atomic E-state index is 10.4. The lowest BCUT2D eigenvalue weighted by Gasteiger charge is -2.00. The average molecular weight is 137 g/mol. The molecule has 0 rings (SSSR count). The van der Waals surface area contributed by atoms with Crippen molar-refractivity contribution in [1.82, 2.24) is 0 Å². The highest BCUT2D eigenvalue weighted by molar-refractivity contribution is 6.29. The molecule has 0 aromatic rings. The predicted molar refractivity (Wildman–Crippen MR) is 31.9 cm³/mol. The van der Waals surface area contributed by atoms with E-state index < -0.39 is 5.38 Å². The second-order valence-electron chi connectivity index (χ2n) is 1.37. The quantitative estimate of drug-likeness (QED) is 0.421. The maximum Gasteiger partial charge on any atom is 0.323 e. The van der Waals surface area contributed by atoms with Crippen molar-refractivity contribution in [1.29, 1.82) is 0 Å². The van der Waals surface area contributed by atoms with Gasteiger partial charge in [-0.15, -0.1) is 11.6 Å². The zero-order valence-electron chi connectivity index (χ0n) is 4.98. The molecule has 0 spiro atoms. The Bertz CT molecular complexity index is 80.5. The van der Waals surface area contributed by atoms with Gasteiger partial charge in [0.2, 0.25) is 0 Å². The monoisotopic (exact) mass is 136 g/mol. The van der Waals surface area contributed by atoms with Crippen LogP contribution in [0.25, 0.3) is 0 Å². The van der Waals surface area contributed by atoms with Gasteiger partial charge in [-0.05, 0) is 13.8 Å². The lowest BCUT2D eigenvalue weighted by atomic mass is 10.5. The summed E-state index contributed by atoms with van der Waals surface area (Å²) >= 11 is 5.33. The van der Waals surface area contributed by atoms with E-state index in [0.717, 1.165) is 0 Å². The molecule has 0 saturated heterocycles. The fourth-order valence-electron chi connectivity index (χ4n) is 0.257. The molecule has 0 bridgehead atoms. The Balaban J connectivity index is 3.33. The van der Waals surface area contributed by atoms with Crippen LogP contribution in [-0.2, 0) is 9.53 Å². The second-order valence-corrected chi connectivity index (χ2v) is 2.02. The third kappa shape index (κ3) is 2.86. The van der Waals surface area contributed by atoms with Crippen molar-refractivity contribution in [3.63, 3.8) is 0 Å². The van der Waals surface area contributed by atoms with Gasteiger partial charge in [-0.2, -0.15) is 0 Å². The molecule has 0 aromatic carbocycles. The molecule has 0 aromatic heterocycles. The number of hydrogen-bond acceptors (Lipinski definition) is 2. The first-order chi connectivity index (χ1) is 3.68. The standard InChI is InChI=1S/C5H9ClO2/c1-3-8-5(7)4(2)6/h4H,3H2,1-2H3/t4-/m0/s1. The largest absolute Gasteiger partial charge is 0.465 e. The zero-order chi connectivity index (χ0) is 6.57. The molecule has 0 amide bonds. The fourth-order valence-corrected chi connectivity index (χ4v) is 0.320. The molecule has 0 unspecified atom stereocenters. The summed E-state index contributed by atoms with van der Waals surface area (Å²) < 4.78 is 4.53. The average Bonchev–Trinajstić information content (AvgIpc) is 1.67. The SMILES string of the molecule is CCOC(=O)[C@H](C)Cl. The highest BCUT2D eigenvalue weighted by Crippen LogP contribution is 1.95. The third-order valence-corrected chi connectivity index (χ3v) is 0.790. The Kier molecular flexibility index (Phi) is 3.61. The Morgan fingerprint density at radius 1 is 1.88 bits per heavy atom. The van der Waals surface area contributed by atoms with E-state index in [4.69, 9.17) is 11.6 Å². The summed E-state index contributed by atoms with van der Waals surface area (Å²) in [5.74, 6) is -0.353. The number of hydrogen-bond donors (Lipinski definition) is 0. The summed E-state index contributed by atoms with van der Waals surface area (Å²) in [6.45, 7) is 3.73. The van der Waals surface area contributed by atoms with Crippen molar-refractivity contribution in [3.05, 3.63) is 0 Å². The van der Waals surface area contributed by atoms with Gasteiger partial charge >= 0.3 is 5.97 Å². The summed E-state index contributed by atoms with van der Waals surface area (Å²) in [6.07, 6.45) is 0. The van der Waals surface area contributed by atoms with Crippen LogP contribution in [0.1, 0.15) is 13.8 Å². The van der Waals surface area contributed by atoms with Crippen LogP contribution in [0.5, 0.6) is 0 Å². The van der Waals surface area contributed by atoms with Gasteiger partial charge in [0, 0.05) is 0 Å². The van der Waals surface area contributed by atoms with E-state index in [1.807, 2.05) is 0 Å². The van der Waals surface area contributed by atoms with E-state index in [9.17, 15) is 4.79 Å². The summed E-state index contributed by atoms with van der Waals surface area (Å²) in [7, 11) is 0. The van der Waals surface area contributed by atoms with E-state index in [1.165, 1.54) is 0 Å². The van der Waals surface area contributed by atoms with Crippen LogP contribution in [0, 0.1) is 0 Å². The van der Waals surface area contributed by atoms with Crippen LogP contribution in [0.2, 0.25) is 0 Å². The Labute approximate surface area is 53.8 Å². The van der Waals surface area contributed by atoms with Gasteiger partial charge in [-0.1, -0.05) is 0 Å². The normalized spacial score (nSPS) is 12.9. The van der Waals surface area contributed by atoms with E-state index in [1.54, 1.807) is 13.8 Å². The number of rotatable bonds is 2. The molecular formula is C5H9ClO2. The second kappa shape index (κ2) is 3.72. The molecular weight excluding hydrogens is 128 g/mol. The van der Waals surface area contributed by atoms with Crippen molar-refractivity contribution in [2.24, 2.45) is 0 Å². The van der Waals surface area contributed by atoms with Gasteiger partial charge in [-0.25, -0.2) is 0 Å². The fraction of sp³-hybridized carbons (Fsp3) is 0.800. The smallest absolute Gasteiger partial charge is 0.323 e. The maximum absolute atomic E-state index is 10.4. The van der Waals surface area contributed by atoms with Gasteiger partial charge < -0.3 is 4.74 Å².